The maximum atomic E-state index is 12.1. The first-order chi connectivity index (χ1) is 15.0. The molecule has 0 saturated carbocycles. The van der Waals surface area contributed by atoms with Crippen molar-refractivity contribution < 1.29 is 14.2 Å². The van der Waals surface area contributed by atoms with E-state index in [4.69, 9.17) is 14.2 Å². The average Bonchev–Trinajstić information content (AvgIpc) is 2.81. The van der Waals surface area contributed by atoms with E-state index in [2.05, 4.69) is 30.4 Å². The Hall–Kier alpha value is -3.09. The van der Waals surface area contributed by atoms with Crippen LogP contribution in [0, 0.1) is 0 Å². The van der Waals surface area contributed by atoms with Crippen LogP contribution in [0.15, 0.2) is 65.6 Å². The molecule has 3 aromatic rings. The molecule has 6 heteroatoms. The fourth-order valence-corrected chi connectivity index (χ4v) is 3.45. The lowest BCUT2D eigenvalue weighted by Gasteiger charge is -2.17. The SMILES string of the molecule is COCCn1cc(-c2cc(CN[C@H](C)c3cccc(OC)c3)ccc2OC)ccc1=O. The van der Waals surface area contributed by atoms with Crippen LogP contribution in [0.1, 0.15) is 24.1 Å². The zero-order chi connectivity index (χ0) is 22.2. The Morgan fingerprint density at radius 3 is 2.58 bits per heavy atom. The lowest BCUT2D eigenvalue weighted by atomic mass is 10.0. The minimum absolute atomic E-state index is 0.0512. The largest absolute Gasteiger partial charge is 0.497 e. The number of benzene rings is 2. The summed E-state index contributed by atoms with van der Waals surface area (Å²) in [7, 11) is 4.96. The summed E-state index contributed by atoms with van der Waals surface area (Å²) in [6.45, 7) is 3.81. The van der Waals surface area contributed by atoms with Gasteiger partial charge in [-0.2, -0.15) is 0 Å². The Bertz CT molecular complexity index is 1060. The second-order valence-electron chi connectivity index (χ2n) is 7.36. The molecule has 0 amide bonds. The molecular formula is C25H30N2O4. The molecule has 0 aliphatic heterocycles. The Morgan fingerprint density at radius 1 is 1.00 bits per heavy atom. The van der Waals surface area contributed by atoms with Gasteiger partial charge in [0.25, 0.3) is 5.56 Å². The third-order valence-corrected chi connectivity index (χ3v) is 5.30. The zero-order valence-corrected chi connectivity index (χ0v) is 18.6. The predicted molar refractivity (Wildman–Crippen MR) is 123 cm³/mol. The number of aromatic nitrogens is 1. The number of nitrogens with one attached hydrogen (secondary N) is 1. The Labute approximate surface area is 183 Å². The summed E-state index contributed by atoms with van der Waals surface area (Å²) in [4.78, 5) is 12.1. The van der Waals surface area contributed by atoms with Crippen LogP contribution in [0.5, 0.6) is 11.5 Å². The first kappa shape index (κ1) is 22.6. The highest BCUT2D eigenvalue weighted by atomic mass is 16.5. The maximum Gasteiger partial charge on any atom is 0.250 e. The topological polar surface area (TPSA) is 61.7 Å². The smallest absolute Gasteiger partial charge is 0.250 e. The van der Waals surface area contributed by atoms with Gasteiger partial charge in [-0.15, -0.1) is 0 Å². The lowest BCUT2D eigenvalue weighted by molar-refractivity contribution is 0.186. The first-order valence-electron chi connectivity index (χ1n) is 10.3. The fourth-order valence-electron chi connectivity index (χ4n) is 3.45. The van der Waals surface area contributed by atoms with E-state index < -0.39 is 0 Å². The van der Waals surface area contributed by atoms with Gasteiger partial charge in [-0.1, -0.05) is 18.2 Å². The third kappa shape index (κ3) is 5.75. The third-order valence-electron chi connectivity index (χ3n) is 5.30. The minimum Gasteiger partial charge on any atom is -0.497 e. The van der Waals surface area contributed by atoms with E-state index in [1.165, 1.54) is 5.56 Å². The highest BCUT2D eigenvalue weighted by Gasteiger charge is 2.11. The lowest BCUT2D eigenvalue weighted by Crippen LogP contribution is -2.20. The number of ether oxygens (including phenoxy) is 3. The van der Waals surface area contributed by atoms with Crippen LogP contribution in [0.4, 0.5) is 0 Å². The van der Waals surface area contributed by atoms with Gasteiger partial charge in [-0.25, -0.2) is 0 Å². The molecule has 0 aliphatic carbocycles. The first-order valence-corrected chi connectivity index (χ1v) is 10.3. The molecule has 1 N–H and O–H groups in total. The number of rotatable bonds is 10. The standard InChI is InChI=1S/C25H30N2O4/c1-18(20-6-5-7-22(15-20)30-3)26-16-19-8-10-24(31-4)23(14-19)21-9-11-25(28)27(17-21)12-13-29-2/h5-11,14-15,17-18,26H,12-13,16H2,1-4H3/t18-/m1/s1. The summed E-state index contributed by atoms with van der Waals surface area (Å²) in [6, 6.07) is 17.8. The molecule has 0 bridgehead atoms. The molecule has 3 rings (SSSR count). The number of hydrogen-bond donors (Lipinski definition) is 1. The van der Waals surface area contributed by atoms with Crippen LogP contribution in [-0.4, -0.2) is 32.5 Å². The summed E-state index contributed by atoms with van der Waals surface area (Å²) in [6.07, 6.45) is 1.86. The molecule has 0 spiro atoms. The molecule has 6 nitrogen and oxygen atoms in total. The number of hydrogen-bond acceptors (Lipinski definition) is 5. The minimum atomic E-state index is -0.0512. The van der Waals surface area contributed by atoms with E-state index in [1.54, 1.807) is 32.0 Å². The maximum absolute atomic E-state index is 12.1. The highest BCUT2D eigenvalue weighted by Crippen LogP contribution is 2.30. The molecule has 1 aromatic heterocycles. The van der Waals surface area contributed by atoms with Crippen LogP contribution < -0.4 is 20.3 Å². The Kier molecular flexibility index (Phi) is 7.87. The van der Waals surface area contributed by atoms with Crippen molar-refractivity contribution in [3.63, 3.8) is 0 Å². The summed E-state index contributed by atoms with van der Waals surface area (Å²) in [5.74, 6) is 1.61. The van der Waals surface area contributed by atoms with Crippen molar-refractivity contribution in [3.8, 4) is 22.6 Å². The van der Waals surface area contributed by atoms with Crippen LogP contribution >= 0.6 is 0 Å². The molecule has 31 heavy (non-hydrogen) atoms. The van der Waals surface area contributed by atoms with E-state index in [-0.39, 0.29) is 11.6 Å². The monoisotopic (exact) mass is 422 g/mol. The molecule has 2 aromatic carbocycles. The van der Waals surface area contributed by atoms with E-state index in [9.17, 15) is 4.79 Å². The van der Waals surface area contributed by atoms with Crippen molar-refractivity contribution in [2.45, 2.75) is 26.1 Å². The van der Waals surface area contributed by atoms with Gasteiger partial charge in [0.1, 0.15) is 11.5 Å². The molecule has 0 radical (unpaired) electrons. The van der Waals surface area contributed by atoms with Crippen molar-refractivity contribution in [2.75, 3.05) is 27.9 Å². The second kappa shape index (κ2) is 10.8. The van der Waals surface area contributed by atoms with Crippen molar-refractivity contribution >= 4 is 0 Å². The van der Waals surface area contributed by atoms with Crippen molar-refractivity contribution in [2.24, 2.45) is 0 Å². The molecule has 1 atom stereocenters. The quantitative estimate of drug-likeness (QED) is 0.535. The van der Waals surface area contributed by atoms with Gasteiger partial charge in [0.15, 0.2) is 0 Å². The average molecular weight is 423 g/mol. The molecule has 0 fully saturated rings. The van der Waals surface area contributed by atoms with Crippen molar-refractivity contribution in [3.05, 3.63) is 82.3 Å². The van der Waals surface area contributed by atoms with Crippen LogP contribution in [0.25, 0.3) is 11.1 Å². The molecule has 1 heterocycles. The van der Waals surface area contributed by atoms with Gasteiger partial charge in [-0.3, -0.25) is 4.79 Å². The fraction of sp³-hybridized carbons (Fsp3) is 0.320. The van der Waals surface area contributed by atoms with Crippen LogP contribution in [0.2, 0.25) is 0 Å². The molecule has 0 aliphatic rings. The normalized spacial score (nSPS) is 11.9. The van der Waals surface area contributed by atoms with Gasteiger partial charge in [0.2, 0.25) is 0 Å². The van der Waals surface area contributed by atoms with Gasteiger partial charge in [0, 0.05) is 49.6 Å². The summed E-state index contributed by atoms with van der Waals surface area (Å²) in [5.41, 5.74) is 4.11. The zero-order valence-electron chi connectivity index (χ0n) is 18.6. The molecule has 0 saturated heterocycles. The predicted octanol–water partition coefficient (Wildman–Crippen LogP) is 4.03. The Morgan fingerprint density at radius 2 is 1.84 bits per heavy atom. The van der Waals surface area contributed by atoms with Crippen molar-refractivity contribution in [1.82, 2.24) is 9.88 Å². The summed E-state index contributed by atoms with van der Waals surface area (Å²) in [5, 5.41) is 3.56. The van der Waals surface area contributed by atoms with E-state index in [0.29, 0.717) is 19.7 Å². The van der Waals surface area contributed by atoms with Gasteiger partial charge >= 0.3 is 0 Å². The molecular weight excluding hydrogens is 392 g/mol. The number of pyridine rings is 1. The van der Waals surface area contributed by atoms with Crippen molar-refractivity contribution in [1.29, 1.82) is 0 Å². The van der Waals surface area contributed by atoms with Gasteiger partial charge < -0.3 is 24.1 Å². The van der Waals surface area contributed by atoms with Gasteiger partial charge in [0.05, 0.1) is 20.8 Å². The second-order valence-corrected chi connectivity index (χ2v) is 7.36. The molecule has 0 unspecified atom stereocenters. The highest BCUT2D eigenvalue weighted by molar-refractivity contribution is 5.70. The Balaban J connectivity index is 1.81. The van der Waals surface area contributed by atoms with Crippen LogP contribution in [-0.2, 0) is 17.8 Å². The summed E-state index contributed by atoms with van der Waals surface area (Å²) >= 11 is 0. The number of methoxy groups -OCH3 is 3. The summed E-state index contributed by atoms with van der Waals surface area (Å²) < 4.78 is 17.7. The van der Waals surface area contributed by atoms with E-state index in [1.807, 2.05) is 36.5 Å². The van der Waals surface area contributed by atoms with Gasteiger partial charge in [-0.05, 0) is 48.4 Å². The van der Waals surface area contributed by atoms with Crippen LogP contribution in [0.3, 0.4) is 0 Å². The van der Waals surface area contributed by atoms with E-state index >= 15 is 0 Å². The number of nitrogens with zero attached hydrogens (tertiary/aromatic N) is 1. The molecule has 164 valence electrons. The van der Waals surface area contributed by atoms with E-state index in [0.717, 1.165) is 28.2 Å².